The van der Waals surface area contributed by atoms with E-state index in [9.17, 15) is 29.1 Å². The summed E-state index contributed by atoms with van der Waals surface area (Å²) in [6.45, 7) is -0.496. The zero-order valence-corrected chi connectivity index (χ0v) is 17.8. The number of hydrogen-bond acceptors (Lipinski definition) is 8. The second kappa shape index (κ2) is 11.9. The predicted octanol–water partition coefficient (Wildman–Crippen LogP) is -2.82. The molecular formula is C19H28N6O8. The number of aliphatic hydroxyl groups excluding tert-OH is 1. The maximum absolute atomic E-state index is 13.0. The lowest BCUT2D eigenvalue weighted by atomic mass is 10.1. The van der Waals surface area contributed by atoms with E-state index in [1.165, 1.54) is 12.5 Å². The summed E-state index contributed by atoms with van der Waals surface area (Å²) in [7, 11) is 0. The summed E-state index contributed by atoms with van der Waals surface area (Å²) < 4.78 is 0. The van der Waals surface area contributed by atoms with Crippen molar-refractivity contribution in [2.24, 2.45) is 5.73 Å². The summed E-state index contributed by atoms with van der Waals surface area (Å²) in [5.74, 6) is -4.72. The fourth-order valence-electron chi connectivity index (χ4n) is 3.47. The van der Waals surface area contributed by atoms with Crippen LogP contribution < -0.4 is 16.4 Å². The molecule has 14 nitrogen and oxygen atoms in total. The molecule has 4 atom stereocenters. The lowest BCUT2D eigenvalue weighted by Crippen LogP contribution is -2.58. The molecule has 4 unspecified atom stereocenters. The van der Waals surface area contributed by atoms with Crippen LogP contribution in [0.25, 0.3) is 0 Å². The summed E-state index contributed by atoms with van der Waals surface area (Å²) >= 11 is 0. The van der Waals surface area contributed by atoms with Crippen molar-refractivity contribution in [1.29, 1.82) is 0 Å². The molecule has 2 heterocycles. The Balaban J connectivity index is 2.21. The molecule has 0 radical (unpaired) electrons. The highest BCUT2D eigenvalue weighted by atomic mass is 16.4. The summed E-state index contributed by atoms with van der Waals surface area (Å²) in [5, 5.41) is 32.3. The van der Waals surface area contributed by atoms with Crippen LogP contribution in [0.1, 0.15) is 31.4 Å². The van der Waals surface area contributed by atoms with E-state index >= 15 is 0 Å². The van der Waals surface area contributed by atoms with Crippen molar-refractivity contribution in [2.45, 2.75) is 56.3 Å². The van der Waals surface area contributed by atoms with Crippen LogP contribution in [-0.2, 0) is 30.4 Å². The van der Waals surface area contributed by atoms with Crippen LogP contribution in [0.15, 0.2) is 12.5 Å². The first-order valence-electron chi connectivity index (χ1n) is 10.3. The first-order chi connectivity index (χ1) is 15.6. The summed E-state index contributed by atoms with van der Waals surface area (Å²) in [4.78, 5) is 68.4. The Morgan fingerprint density at radius 2 is 1.88 bits per heavy atom. The van der Waals surface area contributed by atoms with E-state index in [2.05, 4.69) is 20.6 Å². The van der Waals surface area contributed by atoms with Gasteiger partial charge in [-0.1, -0.05) is 0 Å². The molecule has 33 heavy (non-hydrogen) atoms. The molecule has 3 amide bonds. The van der Waals surface area contributed by atoms with Crippen LogP contribution in [0, 0.1) is 0 Å². The first-order valence-corrected chi connectivity index (χ1v) is 10.3. The van der Waals surface area contributed by atoms with Crippen molar-refractivity contribution < 1.29 is 39.3 Å². The first kappa shape index (κ1) is 25.7. The minimum Gasteiger partial charge on any atom is -0.481 e. The molecule has 1 aromatic rings. The van der Waals surface area contributed by atoms with Crippen molar-refractivity contribution in [3.8, 4) is 0 Å². The van der Waals surface area contributed by atoms with E-state index < -0.39 is 66.9 Å². The zero-order chi connectivity index (χ0) is 24.5. The largest absolute Gasteiger partial charge is 0.481 e. The van der Waals surface area contributed by atoms with Gasteiger partial charge in [0, 0.05) is 31.3 Å². The van der Waals surface area contributed by atoms with E-state index in [0.29, 0.717) is 12.1 Å². The molecule has 182 valence electrons. The highest BCUT2D eigenvalue weighted by Crippen LogP contribution is 2.19. The molecule has 0 aliphatic carbocycles. The summed E-state index contributed by atoms with van der Waals surface area (Å²) in [6.07, 6.45) is 2.71. The van der Waals surface area contributed by atoms with Crippen molar-refractivity contribution in [3.05, 3.63) is 18.2 Å². The molecule has 0 aromatic carbocycles. The van der Waals surface area contributed by atoms with Crippen LogP contribution in [-0.4, -0.2) is 97.2 Å². The van der Waals surface area contributed by atoms with E-state index in [1.54, 1.807) is 0 Å². The number of carboxylic acid groups (broad SMARTS) is 2. The van der Waals surface area contributed by atoms with Crippen LogP contribution in [0.4, 0.5) is 0 Å². The van der Waals surface area contributed by atoms with Gasteiger partial charge < -0.3 is 41.6 Å². The third kappa shape index (κ3) is 7.25. The average molecular weight is 468 g/mol. The molecule has 0 bridgehead atoms. The average Bonchev–Trinajstić information content (AvgIpc) is 3.46. The molecule has 1 fully saturated rings. The minimum atomic E-state index is -1.32. The molecule has 14 heteroatoms. The van der Waals surface area contributed by atoms with E-state index in [-0.39, 0.29) is 25.8 Å². The van der Waals surface area contributed by atoms with Gasteiger partial charge in [-0.05, 0) is 19.3 Å². The van der Waals surface area contributed by atoms with Gasteiger partial charge >= 0.3 is 11.9 Å². The quantitative estimate of drug-likeness (QED) is 0.166. The fraction of sp³-hybridized carbons (Fsp3) is 0.579. The molecule has 0 saturated carbocycles. The van der Waals surface area contributed by atoms with Gasteiger partial charge in [-0.2, -0.15) is 0 Å². The third-order valence-corrected chi connectivity index (χ3v) is 5.23. The van der Waals surface area contributed by atoms with Crippen molar-refractivity contribution in [2.75, 3.05) is 13.2 Å². The highest BCUT2D eigenvalue weighted by molar-refractivity contribution is 5.94. The Bertz CT molecular complexity index is 860. The lowest BCUT2D eigenvalue weighted by molar-refractivity contribution is -0.150. The molecule has 1 aliphatic heterocycles. The number of amides is 3. The molecule has 0 spiro atoms. The highest BCUT2D eigenvalue weighted by Gasteiger charge is 2.38. The SMILES string of the molecule is NC(CO)C(=O)NC(Cc1cnc[nH]1)C(=O)NC(CCC(=O)O)C(=O)N1CCCC1C(=O)O. The van der Waals surface area contributed by atoms with E-state index in [4.69, 9.17) is 15.9 Å². The van der Waals surface area contributed by atoms with Crippen LogP contribution >= 0.6 is 0 Å². The number of carbonyl (C=O) groups excluding carboxylic acids is 3. The Hall–Kier alpha value is -3.52. The van der Waals surface area contributed by atoms with Gasteiger partial charge in [0.1, 0.15) is 24.2 Å². The molecule has 2 rings (SSSR count). The number of imidazole rings is 1. The maximum Gasteiger partial charge on any atom is 0.326 e. The van der Waals surface area contributed by atoms with Crippen LogP contribution in [0.5, 0.6) is 0 Å². The number of nitrogens with zero attached hydrogens (tertiary/aromatic N) is 2. The number of hydrogen-bond donors (Lipinski definition) is 7. The number of nitrogens with one attached hydrogen (secondary N) is 3. The molecule has 1 aliphatic rings. The van der Waals surface area contributed by atoms with E-state index in [0.717, 1.165) is 4.90 Å². The van der Waals surface area contributed by atoms with Gasteiger partial charge in [0.05, 0.1) is 12.9 Å². The van der Waals surface area contributed by atoms with Gasteiger partial charge in [0.2, 0.25) is 17.7 Å². The number of nitrogens with two attached hydrogens (primary N) is 1. The number of carboxylic acids is 2. The normalized spacial score (nSPS) is 18.2. The third-order valence-electron chi connectivity index (χ3n) is 5.23. The molecule has 1 saturated heterocycles. The smallest absolute Gasteiger partial charge is 0.326 e. The second-order valence-electron chi connectivity index (χ2n) is 7.65. The monoisotopic (exact) mass is 468 g/mol. The number of aromatic amines is 1. The summed E-state index contributed by atoms with van der Waals surface area (Å²) in [6, 6.07) is -4.90. The van der Waals surface area contributed by atoms with Gasteiger partial charge in [0.15, 0.2) is 0 Å². The standard InChI is InChI=1S/C19H28N6O8/c20-11(8-26)16(29)24-13(6-10-7-21-9-22-10)17(30)23-12(3-4-15(27)28)18(31)25-5-1-2-14(25)19(32)33/h7,9,11-14,26H,1-6,8,20H2,(H,21,22)(H,23,30)(H,24,29)(H,27,28)(H,32,33). The second-order valence-corrected chi connectivity index (χ2v) is 7.65. The topological polar surface area (TPSA) is 228 Å². The number of rotatable bonds is 12. The number of aliphatic hydroxyl groups is 1. The Labute approximate surface area is 188 Å². The number of likely N-dealkylation sites (tertiary alicyclic amines) is 1. The van der Waals surface area contributed by atoms with Crippen molar-refractivity contribution >= 4 is 29.7 Å². The van der Waals surface area contributed by atoms with Gasteiger partial charge in [-0.15, -0.1) is 0 Å². The maximum atomic E-state index is 13.0. The minimum absolute atomic E-state index is 0.0585. The van der Waals surface area contributed by atoms with Gasteiger partial charge in [0.25, 0.3) is 0 Å². The van der Waals surface area contributed by atoms with Crippen LogP contribution in [0.2, 0.25) is 0 Å². The lowest BCUT2D eigenvalue weighted by Gasteiger charge is -2.28. The van der Waals surface area contributed by atoms with Crippen LogP contribution in [0.3, 0.4) is 0 Å². The van der Waals surface area contributed by atoms with E-state index in [1.807, 2.05) is 0 Å². The molecular weight excluding hydrogens is 440 g/mol. The van der Waals surface area contributed by atoms with Crippen molar-refractivity contribution in [3.63, 3.8) is 0 Å². The number of H-pyrrole nitrogens is 1. The van der Waals surface area contributed by atoms with Gasteiger partial charge in [-0.25, -0.2) is 9.78 Å². The number of aromatic nitrogens is 2. The molecule has 8 N–H and O–H groups in total. The Morgan fingerprint density at radius 3 is 2.45 bits per heavy atom. The van der Waals surface area contributed by atoms with Crippen molar-refractivity contribution in [1.82, 2.24) is 25.5 Å². The number of carbonyl (C=O) groups is 5. The van der Waals surface area contributed by atoms with Gasteiger partial charge in [-0.3, -0.25) is 19.2 Å². The predicted molar refractivity (Wildman–Crippen MR) is 110 cm³/mol. The zero-order valence-electron chi connectivity index (χ0n) is 17.8. The number of aliphatic carboxylic acids is 2. The summed E-state index contributed by atoms with van der Waals surface area (Å²) in [5.41, 5.74) is 5.98. The Morgan fingerprint density at radius 1 is 1.18 bits per heavy atom. The molecule has 1 aromatic heterocycles. The fourth-order valence-corrected chi connectivity index (χ4v) is 3.47. The Kier molecular flexibility index (Phi) is 9.30.